The van der Waals surface area contributed by atoms with Gasteiger partial charge in [-0.2, -0.15) is 0 Å². The highest BCUT2D eigenvalue weighted by Gasteiger charge is 2.37. The number of hydrogen-bond acceptors (Lipinski definition) is 7. The zero-order valence-corrected chi connectivity index (χ0v) is 29.1. The van der Waals surface area contributed by atoms with Gasteiger partial charge in [0.25, 0.3) is 0 Å². The molecule has 1 aromatic heterocycles. The molecule has 10 heteroatoms. The third-order valence-electron chi connectivity index (χ3n) is 8.94. The summed E-state index contributed by atoms with van der Waals surface area (Å²) in [5.41, 5.74) is 3.80. The highest BCUT2D eigenvalue weighted by Crippen LogP contribution is 2.43. The molecule has 2 aliphatic rings. The van der Waals surface area contributed by atoms with Crippen LogP contribution in [0.3, 0.4) is 0 Å². The fourth-order valence-electron chi connectivity index (χ4n) is 6.69. The van der Waals surface area contributed by atoms with Crippen LogP contribution in [0.15, 0.2) is 54.7 Å². The highest BCUT2D eigenvalue weighted by molar-refractivity contribution is 6.30. The molecule has 9 nitrogen and oxygen atoms in total. The molecular weight excluding hydrogens is 614 g/mol. The van der Waals surface area contributed by atoms with E-state index in [0.29, 0.717) is 40.8 Å². The van der Waals surface area contributed by atoms with Crippen LogP contribution in [0.25, 0.3) is 0 Å². The Hall–Kier alpha value is -3.82. The lowest BCUT2D eigenvalue weighted by Gasteiger charge is -2.37. The molecule has 0 spiro atoms. The Bertz CT molecular complexity index is 1520. The number of ether oxygens (including phenoxy) is 2. The van der Waals surface area contributed by atoms with Gasteiger partial charge in [-0.3, -0.25) is 14.5 Å². The third kappa shape index (κ3) is 8.56. The van der Waals surface area contributed by atoms with Crippen LogP contribution in [0.5, 0.6) is 11.5 Å². The first kappa shape index (κ1) is 34.5. The molecule has 1 fully saturated rings. The minimum atomic E-state index is -0.416. The molecular formula is C37H48ClN5O4. The molecule has 1 saturated carbocycles. The maximum absolute atomic E-state index is 13.9. The van der Waals surface area contributed by atoms with Crippen LogP contribution >= 0.6 is 11.6 Å². The quantitative estimate of drug-likeness (QED) is 0.235. The van der Waals surface area contributed by atoms with E-state index in [1.165, 1.54) is 0 Å². The molecule has 0 unspecified atom stereocenters. The number of carbonyl (C=O) groups is 2. The van der Waals surface area contributed by atoms with Crippen molar-refractivity contribution in [2.45, 2.75) is 84.0 Å². The molecule has 1 atom stereocenters. The van der Waals surface area contributed by atoms with Crippen LogP contribution in [0, 0.1) is 5.92 Å². The summed E-state index contributed by atoms with van der Waals surface area (Å²) in [5.74, 6) is 2.42. The number of rotatable bonds is 12. The molecule has 0 saturated heterocycles. The molecule has 47 heavy (non-hydrogen) atoms. The third-order valence-corrected chi connectivity index (χ3v) is 9.19. The van der Waals surface area contributed by atoms with E-state index in [1.54, 1.807) is 12.0 Å². The van der Waals surface area contributed by atoms with E-state index < -0.39 is 6.04 Å². The summed E-state index contributed by atoms with van der Waals surface area (Å²) in [6, 6.07) is 15.6. The number of nitrogens with one attached hydrogen (secondary N) is 2. The predicted octanol–water partition coefficient (Wildman–Crippen LogP) is 6.32. The SMILES string of the molecule is COc1cc2c(cc1OC(C)C)[C@H](c1ccc(Cl)cc1)N(c1ccc(N(C)CC3CCC(NCC(=O)NC(C)C)CC3)cn1)C(=O)C2. The van der Waals surface area contributed by atoms with Crippen molar-refractivity contribution >= 4 is 34.9 Å². The first-order valence-corrected chi connectivity index (χ1v) is 17.0. The highest BCUT2D eigenvalue weighted by atomic mass is 35.5. The molecule has 3 aromatic rings. The number of methoxy groups -OCH3 is 1. The number of fused-ring (bicyclic) bond motifs is 1. The van der Waals surface area contributed by atoms with Gasteiger partial charge in [0.2, 0.25) is 11.8 Å². The van der Waals surface area contributed by atoms with Crippen LogP contribution in [-0.4, -0.2) is 62.2 Å². The number of halogens is 1. The second kappa shape index (κ2) is 15.4. The number of hydrogen-bond donors (Lipinski definition) is 2. The van der Waals surface area contributed by atoms with Crippen molar-refractivity contribution < 1.29 is 19.1 Å². The van der Waals surface area contributed by atoms with Gasteiger partial charge in [0, 0.05) is 30.7 Å². The predicted molar refractivity (Wildman–Crippen MR) is 188 cm³/mol. The maximum Gasteiger partial charge on any atom is 0.234 e. The lowest BCUT2D eigenvalue weighted by atomic mass is 9.85. The van der Waals surface area contributed by atoms with Crippen LogP contribution < -0.4 is 29.9 Å². The smallest absolute Gasteiger partial charge is 0.234 e. The van der Waals surface area contributed by atoms with Gasteiger partial charge in [-0.25, -0.2) is 4.98 Å². The summed E-state index contributed by atoms with van der Waals surface area (Å²) in [4.78, 5) is 34.8. The van der Waals surface area contributed by atoms with Crippen LogP contribution in [0.4, 0.5) is 11.5 Å². The average Bonchev–Trinajstić information content (AvgIpc) is 3.04. The second-order valence-corrected chi connectivity index (χ2v) is 13.8. The fourth-order valence-corrected chi connectivity index (χ4v) is 6.82. The molecule has 2 aromatic carbocycles. The summed E-state index contributed by atoms with van der Waals surface area (Å²) in [6.07, 6.45) is 6.38. The molecule has 5 rings (SSSR count). The Morgan fingerprint density at radius 1 is 1.04 bits per heavy atom. The van der Waals surface area contributed by atoms with Crippen molar-refractivity contribution in [3.8, 4) is 11.5 Å². The van der Waals surface area contributed by atoms with Gasteiger partial charge in [0.15, 0.2) is 11.5 Å². The number of pyridine rings is 1. The minimum Gasteiger partial charge on any atom is -0.493 e. The van der Waals surface area contributed by atoms with Crippen molar-refractivity contribution in [3.63, 3.8) is 0 Å². The van der Waals surface area contributed by atoms with Crippen molar-refractivity contribution in [1.29, 1.82) is 0 Å². The first-order valence-electron chi connectivity index (χ1n) is 16.7. The summed E-state index contributed by atoms with van der Waals surface area (Å²) >= 11 is 6.27. The van der Waals surface area contributed by atoms with Gasteiger partial charge in [-0.1, -0.05) is 23.7 Å². The van der Waals surface area contributed by atoms with Crippen molar-refractivity contribution in [3.05, 3.63) is 76.4 Å². The topological polar surface area (TPSA) is 96.0 Å². The lowest BCUT2D eigenvalue weighted by molar-refractivity contribution is -0.121. The van der Waals surface area contributed by atoms with Gasteiger partial charge < -0.3 is 25.0 Å². The van der Waals surface area contributed by atoms with Crippen LogP contribution in [0.1, 0.15) is 76.1 Å². The maximum atomic E-state index is 13.9. The minimum absolute atomic E-state index is 0.0436. The zero-order valence-electron chi connectivity index (χ0n) is 28.4. The Labute approximate surface area is 284 Å². The van der Waals surface area contributed by atoms with E-state index in [1.807, 2.05) is 82.4 Å². The van der Waals surface area contributed by atoms with Crippen LogP contribution in [0.2, 0.25) is 5.02 Å². The number of aromatic nitrogens is 1. The first-order chi connectivity index (χ1) is 22.5. The molecule has 0 bridgehead atoms. The fraction of sp³-hybridized carbons (Fsp3) is 0.486. The second-order valence-electron chi connectivity index (χ2n) is 13.3. The largest absolute Gasteiger partial charge is 0.493 e. The Balaban J connectivity index is 1.31. The summed E-state index contributed by atoms with van der Waals surface area (Å²) in [6.45, 7) is 9.20. The van der Waals surface area contributed by atoms with Crippen molar-refractivity contribution in [2.75, 3.05) is 37.0 Å². The van der Waals surface area contributed by atoms with E-state index in [9.17, 15) is 9.59 Å². The standard InChI is InChI=1S/C37H48ClN5O4/c1-23(2)41-35(44)21-39-29-13-7-25(8-14-29)22-42(5)30-15-16-34(40-20-30)43-36(45)18-27-17-32(46-6)33(47-24(3)4)19-31(27)37(43)26-9-11-28(38)12-10-26/h9-12,15-17,19-20,23-25,29,37,39H,7-8,13-14,18,21-22H2,1-6H3,(H,41,44)/t25?,29?,37-/m0/s1. The summed E-state index contributed by atoms with van der Waals surface area (Å²) < 4.78 is 11.8. The zero-order chi connectivity index (χ0) is 33.7. The number of benzene rings is 2. The number of carbonyl (C=O) groups excluding carboxylic acids is 2. The molecule has 1 aliphatic carbocycles. The summed E-state index contributed by atoms with van der Waals surface area (Å²) in [7, 11) is 3.71. The Morgan fingerprint density at radius 3 is 2.38 bits per heavy atom. The molecule has 2 amide bonds. The molecule has 2 N–H and O–H groups in total. The molecule has 1 aliphatic heterocycles. The van der Waals surface area contributed by atoms with Crippen LogP contribution in [-0.2, 0) is 16.0 Å². The molecule has 252 valence electrons. The van der Waals surface area contributed by atoms with E-state index >= 15 is 0 Å². The monoisotopic (exact) mass is 661 g/mol. The van der Waals surface area contributed by atoms with E-state index in [2.05, 4.69) is 22.6 Å². The van der Waals surface area contributed by atoms with Crippen molar-refractivity contribution in [1.82, 2.24) is 15.6 Å². The van der Waals surface area contributed by atoms with Gasteiger partial charge in [-0.15, -0.1) is 0 Å². The number of nitrogens with zero attached hydrogens (tertiary/aromatic N) is 3. The van der Waals surface area contributed by atoms with E-state index in [0.717, 1.165) is 54.6 Å². The molecule has 2 heterocycles. The Morgan fingerprint density at radius 2 is 1.77 bits per heavy atom. The van der Waals surface area contributed by atoms with Gasteiger partial charge in [0.1, 0.15) is 5.82 Å². The number of anilines is 2. The van der Waals surface area contributed by atoms with E-state index in [4.69, 9.17) is 26.1 Å². The summed E-state index contributed by atoms with van der Waals surface area (Å²) in [5, 5.41) is 7.00. The van der Waals surface area contributed by atoms with Gasteiger partial charge in [-0.05, 0) is 112 Å². The van der Waals surface area contributed by atoms with Gasteiger partial charge in [0.05, 0.1) is 44.1 Å². The van der Waals surface area contributed by atoms with Gasteiger partial charge >= 0.3 is 0 Å². The lowest BCUT2D eigenvalue weighted by Crippen LogP contribution is -2.43. The normalized spacial score (nSPS) is 19.5. The average molecular weight is 662 g/mol. The van der Waals surface area contributed by atoms with Crippen molar-refractivity contribution in [2.24, 2.45) is 5.92 Å². The van der Waals surface area contributed by atoms with E-state index in [-0.39, 0.29) is 30.4 Å². The number of amides is 2. The molecule has 0 radical (unpaired) electrons. The Kier molecular flexibility index (Phi) is 11.3.